The molecule has 1 unspecified atom stereocenters. The maximum atomic E-state index is 11.7. The normalized spacial score (nSPS) is 17.6. The quantitative estimate of drug-likeness (QED) is 0.742. The van der Waals surface area contributed by atoms with Gasteiger partial charge in [-0.3, -0.25) is 0 Å². The van der Waals surface area contributed by atoms with E-state index in [1.165, 1.54) is 0 Å². The zero-order valence-corrected chi connectivity index (χ0v) is 11.2. The minimum Gasteiger partial charge on any atom is -0.393 e. The lowest BCUT2D eigenvalue weighted by Gasteiger charge is -2.15. The summed E-state index contributed by atoms with van der Waals surface area (Å²) in [4.78, 5) is 0. The standard InChI is InChI=1S/C11H23NO2S/c1-6-9(8-10(13)7-2)12-15(14)11(3,4)5/h10,13H,6-8H2,1-5H3/b12-9+/t10-,15?/m1/s1. The molecule has 90 valence electrons. The highest BCUT2D eigenvalue weighted by Gasteiger charge is 2.19. The zero-order valence-electron chi connectivity index (χ0n) is 10.4. The van der Waals surface area contributed by atoms with E-state index in [2.05, 4.69) is 4.40 Å². The third kappa shape index (κ3) is 6.05. The van der Waals surface area contributed by atoms with E-state index in [0.29, 0.717) is 12.8 Å². The number of aliphatic hydroxyl groups excluding tert-OH is 1. The molecular formula is C11H23NO2S. The fraction of sp³-hybridized carbons (Fsp3) is 0.909. The number of rotatable bonds is 5. The topological polar surface area (TPSA) is 49.7 Å². The first-order valence-electron chi connectivity index (χ1n) is 5.47. The van der Waals surface area contributed by atoms with Gasteiger partial charge in [0.25, 0.3) is 0 Å². The van der Waals surface area contributed by atoms with Crippen molar-refractivity contribution in [2.24, 2.45) is 4.40 Å². The number of aliphatic hydroxyl groups is 1. The highest BCUT2D eigenvalue weighted by Crippen LogP contribution is 2.14. The average Bonchev–Trinajstić information content (AvgIpc) is 2.14. The number of hydrogen-bond donors (Lipinski definition) is 1. The predicted molar refractivity (Wildman–Crippen MR) is 66.5 cm³/mol. The Morgan fingerprint density at radius 1 is 1.40 bits per heavy atom. The Kier molecular flexibility index (Phi) is 6.29. The van der Waals surface area contributed by atoms with E-state index >= 15 is 0 Å². The first kappa shape index (κ1) is 14.8. The van der Waals surface area contributed by atoms with Crippen molar-refractivity contribution in [2.75, 3.05) is 0 Å². The van der Waals surface area contributed by atoms with Crippen molar-refractivity contribution in [1.82, 2.24) is 0 Å². The minimum absolute atomic E-state index is 0.322. The van der Waals surface area contributed by atoms with Gasteiger partial charge in [0.2, 0.25) is 0 Å². The van der Waals surface area contributed by atoms with Gasteiger partial charge in [-0.2, -0.15) is 4.40 Å². The summed E-state index contributed by atoms with van der Waals surface area (Å²) >= 11 is 0. The summed E-state index contributed by atoms with van der Waals surface area (Å²) in [5.41, 5.74) is 0.845. The molecule has 0 heterocycles. The molecule has 1 N–H and O–H groups in total. The summed E-state index contributed by atoms with van der Waals surface area (Å²) < 4.78 is 15.6. The van der Waals surface area contributed by atoms with Crippen LogP contribution >= 0.6 is 0 Å². The number of nitrogens with zero attached hydrogens (tertiary/aromatic N) is 1. The summed E-state index contributed by atoms with van der Waals surface area (Å²) in [6, 6.07) is 0. The van der Waals surface area contributed by atoms with Gasteiger partial charge in [-0.25, -0.2) is 4.21 Å². The molecule has 0 aromatic rings. The number of hydrogen-bond acceptors (Lipinski definition) is 2. The Morgan fingerprint density at radius 2 is 1.93 bits per heavy atom. The van der Waals surface area contributed by atoms with Crippen molar-refractivity contribution in [3.8, 4) is 0 Å². The Hall–Kier alpha value is -0.220. The fourth-order valence-electron chi connectivity index (χ4n) is 0.917. The maximum Gasteiger partial charge on any atom is 0.144 e. The third-order valence-corrected chi connectivity index (χ3v) is 3.56. The Balaban J connectivity index is 4.53. The summed E-state index contributed by atoms with van der Waals surface area (Å²) in [5, 5.41) is 9.50. The molecule has 0 amide bonds. The molecule has 0 spiro atoms. The van der Waals surface area contributed by atoms with Crippen molar-refractivity contribution >= 4 is 16.7 Å². The van der Waals surface area contributed by atoms with Crippen LogP contribution in [0.4, 0.5) is 0 Å². The maximum absolute atomic E-state index is 11.7. The van der Waals surface area contributed by atoms with Gasteiger partial charge in [-0.05, 0) is 33.6 Å². The fourth-order valence-corrected chi connectivity index (χ4v) is 1.63. The van der Waals surface area contributed by atoms with Crippen molar-refractivity contribution in [2.45, 2.75) is 64.7 Å². The lowest BCUT2D eigenvalue weighted by atomic mass is 10.1. The first-order chi connectivity index (χ1) is 6.81. The van der Waals surface area contributed by atoms with Crippen LogP contribution in [-0.2, 0) is 11.0 Å². The Labute approximate surface area is 95.6 Å². The molecule has 15 heavy (non-hydrogen) atoms. The summed E-state index contributed by atoms with van der Waals surface area (Å²) in [6.07, 6.45) is 1.63. The highest BCUT2D eigenvalue weighted by atomic mass is 32.2. The monoisotopic (exact) mass is 233 g/mol. The van der Waals surface area contributed by atoms with E-state index < -0.39 is 11.0 Å². The van der Waals surface area contributed by atoms with E-state index in [0.717, 1.165) is 12.1 Å². The van der Waals surface area contributed by atoms with E-state index in [1.807, 2.05) is 34.6 Å². The van der Waals surface area contributed by atoms with Crippen LogP contribution in [0.2, 0.25) is 0 Å². The molecule has 0 aliphatic heterocycles. The summed E-state index contributed by atoms with van der Waals surface area (Å²) in [6.45, 7) is 9.60. The molecule has 0 aliphatic rings. The van der Waals surface area contributed by atoms with Gasteiger partial charge in [0.05, 0.1) is 10.9 Å². The van der Waals surface area contributed by atoms with Crippen molar-refractivity contribution in [3.05, 3.63) is 0 Å². The van der Waals surface area contributed by atoms with Crippen LogP contribution in [0.5, 0.6) is 0 Å². The van der Waals surface area contributed by atoms with Gasteiger partial charge in [0.15, 0.2) is 0 Å². The highest BCUT2D eigenvalue weighted by molar-refractivity contribution is 7.85. The Bertz CT molecular complexity index is 243. The summed E-state index contributed by atoms with van der Waals surface area (Å²) in [5.74, 6) is 0. The lowest BCUT2D eigenvalue weighted by molar-refractivity contribution is 0.178. The molecule has 4 heteroatoms. The SMILES string of the molecule is CC/C(C[C@H](O)CC)=N\S(=O)C(C)(C)C. The van der Waals surface area contributed by atoms with Crippen molar-refractivity contribution in [1.29, 1.82) is 0 Å². The largest absolute Gasteiger partial charge is 0.393 e. The Morgan fingerprint density at radius 3 is 2.27 bits per heavy atom. The minimum atomic E-state index is -1.21. The van der Waals surface area contributed by atoms with Gasteiger partial charge in [-0.15, -0.1) is 0 Å². The lowest BCUT2D eigenvalue weighted by Crippen LogP contribution is -2.22. The summed E-state index contributed by atoms with van der Waals surface area (Å²) in [7, 11) is -1.21. The average molecular weight is 233 g/mol. The smallest absolute Gasteiger partial charge is 0.144 e. The molecule has 2 atom stereocenters. The second-order valence-corrected chi connectivity index (χ2v) is 6.54. The van der Waals surface area contributed by atoms with Crippen LogP contribution in [0, 0.1) is 0 Å². The van der Waals surface area contributed by atoms with Crippen LogP contribution in [-0.4, -0.2) is 25.9 Å². The molecule has 0 saturated heterocycles. The predicted octanol–water partition coefficient (Wildman–Crippen LogP) is 2.46. The second kappa shape index (κ2) is 6.38. The van der Waals surface area contributed by atoms with Gasteiger partial charge in [0.1, 0.15) is 11.0 Å². The van der Waals surface area contributed by atoms with E-state index in [-0.39, 0.29) is 10.9 Å². The van der Waals surface area contributed by atoms with Crippen LogP contribution in [0.25, 0.3) is 0 Å². The van der Waals surface area contributed by atoms with Gasteiger partial charge in [0, 0.05) is 12.1 Å². The van der Waals surface area contributed by atoms with Crippen molar-refractivity contribution < 1.29 is 9.32 Å². The molecule has 0 radical (unpaired) electrons. The van der Waals surface area contributed by atoms with Crippen molar-refractivity contribution in [3.63, 3.8) is 0 Å². The second-order valence-electron chi connectivity index (χ2n) is 4.64. The molecule has 0 rings (SSSR count). The molecule has 0 aromatic carbocycles. The molecule has 0 aromatic heterocycles. The molecule has 0 fully saturated rings. The van der Waals surface area contributed by atoms with Gasteiger partial charge < -0.3 is 5.11 Å². The van der Waals surface area contributed by atoms with Crippen LogP contribution in [0.3, 0.4) is 0 Å². The molecule has 0 bridgehead atoms. The molecule has 0 saturated carbocycles. The van der Waals surface area contributed by atoms with Crippen LogP contribution in [0.1, 0.15) is 53.9 Å². The van der Waals surface area contributed by atoms with E-state index in [9.17, 15) is 9.32 Å². The van der Waals surface area contributed by atoms with Gasteiger partial charge in [-0.1, -0.05) is 13.8 Å². The molecular weight excluding hydrogens is 210 g/mol. The van der Waals surface area contributed by atoms with E-state index in [4.69, 9.17) is 0 Å². The first-order valence-corrected chi connectivity index (χ1v) is 6.58. The van der Waals surface area contributed by atoms with Crippen LogP contribution < -0.4 is 0 Å². The molecule has 0 aliphatic carbocycles. The third-order valence-electron chi connectivity index (χ3n) is 2.09. The molecule has 3 nitrogen and oxygen atoms in total. The van der Waals surface area contributed by atoms with Crippen LogP contribution in [0.15, 0.2) is 4.40 Å². The van der Waals surface area contributed by atoms with Gasteiger partial charge >= 0.3 is 0 Å². The van der Waals surface area contributed by atoms with E-state index in [1.54, 1.807) is 0 Å². The zero-order chi connectivity index (χ0) is 12.1.